The topological polar surface area (TPSA) is 0 Å². The zero-order valence-electron chi connectivity index (χ0n) is 18.1. The van der Waals surface area contributed by atoms with E-state index in [0.29, 0.717) is 0 Å². The Labute approximate surface area is 188 Å². The fourth-order valence-corrected chi connectivity index (χ4v) is 4.19. The Balaban J connectivity index is 0.000000209. The molecule has 0 bridgehead atoms. The van der Waals surface area contributed by atoms with Gasteiger partial charge in [0.25, 0.3) is 0 Å². The lowest BCUT2D eigenvalue weighted by Crippen LogP contribution is -1.85. The van der Waals surface area contributed by atoms with Crippen LogP contribution >= 0.6 is 0 Å². The van der Waals surface area contributed by atoms with Gasteiger partial charge in [-0.05, 0) is 58.0 Å². The van der Waals surface area contributed by atoms with Gasteiger partial charge < -0.3 is 0 Å². The molecular weight excluding hydrogens is 376 g/mol. The molecule has 160 valence electrons. The minimum atomic E-state index is 0. The van der Waals surface area contributed by atoms with E-state index in [1.54, 1.807) is 0 Å². The molecule has 1 aliphatic rings. The maximum absolute atomic E-state index is 2.28. The number of hydrogen-bond donors (Lipinski definition) is 0. The average molecular weight is 417 g/mol. The Morgan fingerprint density at radius 3 is 1.57 bits per heavy atom. The van der Waals surface area contributed by atoms with Crippen LogP contribution in [0.4, 0.5) is 0 Å². The second-order valence-electron chi connectivity index (χ2n) is 8.20. The highest BCUT2D eigenvalue weighted by atomic mass is 28.1. The van der Waals surface area contributed by atoms with Gasteiger partial charge in [-0.2, -0.15) is 0 Å². The molecule has 30 heavy (non-hydrogen) atoms. The summed E-state index contributed by atoms with van der Waals surface area (Å²) in [5.74, 6) is 0. The van der Waals surface area contributed by atoms with E-state index in [4.69, 9.17) is 0 Å². The minimum absolute atomic E-state index is 0. The van der Waals surface area contributed by atoms with Crippen LogP contribution in [0, 0.1) is 0 Å². The van der Waals surface area contributed by atoms with Gasteiger partial charge in [-0.25, -0.2) is 0 Å². The maximum Gasteiger partial charge on any atom is -0.00135 e. The average Bonchev–Trinajstić information content (AvgIpc) is 3.16. The molecule has 0 N–H and O–H groups in total. The molecule has 1 aliphatic carbocycles. The van der Waals surface area contributed by atoms with E-state index < -0.39 is 0 Å². The Morgan fingerprint density at radius 2 is 1.00 bits per heavy atom. The van der Waals surface area contributed by atoms with Crippen molar-refractivity contribution < 1.29 is 0 Å². The first-order chi connectivity index (χ1) is 14.4. The molecule has 0 unspecified atom stereocenters. The van der Waals surface area contributed by atoms with Crippen molar-refractivity contribution in [3.8, 4) is 11.1 Å². The molecule has 4 rings (SSSR count). The molecule has 3 aromatic carbocycles. The van der Waals surface area contributed by atoms with E-state index in [2.05, 4.69) is 85.8 Å². The molecule has 0 aliphatic heterocycles. The molecule has 0 nitrogen and oxygen atoms in total. The smallest absolute Gasteiger partial charge is 0.00135 e. The van der Waals surface area contributed by atoms with Crippen molar-refractivity contribution in [2.24, 2.45) is 0 Å². The molecule has 0 fully saturated rings. The predicted octanol–water partition coefficient (Wildman–Crippen LogP) is 7.18. The summed E-state index contributed by atoms with van der Waals surface area (Å²) in [7, 11) is 0. The third kappa shape index (κ3) is 7.61. The van der Waals surface area contributed by atoms with E-state index in [1.807, 2.05) is 0 Å². The van der Waals surface area contributed by atoms with Crippen LogP contribution < -0.4 is 0 Å². The number of unbranched alkanes of at least 4 members (excludes halogenated alkanes) is 7. The predicted molar refractivity (Wildman–Crippen MR) is 139 cm³/mol. The summed E-state index contributed by atoms with van der Waals surface area (Å²) in [6, 6.07) is 28.2. The zero-order valence-corrected chi connectivity index (χ0v) is 18.1. The largest absolute Gasteiger partial charge is 0.0654 e. The molecule has 0 saturated carbocycles. The number of hydrogen-bond acceptors (Lipinski definition) is 0. The van der Waals surface area contributed by atoms with Gasteiger partial charge in [0.05, 0.1) is 0 Å². The van der Waals surface area contributed by atoms with Gasteiger partial charge in [0.2, 0.25) is 0 Å². The van der Waals surface area contributed by atoms with Gasteiger partial charge in [0, 0.05) is 0 Å². The van der Waals surface area contributed by atoms with Crippen LogP contribution in [0.2, 0.25) is 0 Å². The summed E-state index contributed by atoms with van der Waals surface area (Å²) in [6.07, 6.45) is 13.7. The van der Waals surface area contributed by atoms with Crippen molar-refractivity contribution >= 4 is 11.0 Å². The molecule has 0 spiro atoms. The van der Waals surface area contributed by atoms with Gasteiger partial charge in [0.15, 0.2) is 0 Å². The van der Waals surface area contributed by atoms with Crippen LogP contribution in [0.1, 0.15) is 75.0 Å². The van der Waals surface area contributed by atoms with E-state index in [1.165, 1.54) is 85.6 Å². The lowest BCUT2D eigenvalue weighted by molar-refractivity contribution is 0.575. The summed E-state index contributed by atoms with van der Waals surface area (Å²) in [5.41, 5.74) is 7.25. The van der Waals surface area contributed by atoms with E-state index in [0.717, 1.165) is 6.42 Å². The van der Waals surface area contributed by atoms with Crippen LogP contribution in [0.15, 0.2) is 78.9 Å². The monoisotopic (exact) mass is 416 g/mol. The molecular formula is C29H40Si. The SMILES string of the molecule is CCCCCCCCCCc1ccccc1.[SiH4].c1ccc2c(c1)Cc1ccccc1-2. The molecule has 3 aromatic rings. The van der Waals surface area contributed by atoms with Crippen molar-refractivity contribution in [3.63, 3.8) is 0 Å². The third-order valence-corrected chi connectivity index (χ3v) is 5.87. The summed E-state index contributed by atoms with van der Waals surface area (Å²) >= 11 is 0. The Hall–Kier alpha value is -2.12. The Bertz CT molecular complexity index is 794. The third-order valence-electron chi connectivity index (χ3n) is 5.87. The van der Waals surface area contributed by atoms with Crippen molar-refractivity contribution in [3.05, 3.63) is 95.6 Å². The highest BCUT2D eigenvalue weighted by Gasteiger charge is 2.15. The van der Waals surface area contributed by atoms with Gasteiger partial charge >= 0.3 is 0 Å². The van der Waals surface area contributed by atoms with Crippen LogP contribution in [0.3, 0.4) is 0 Å². The standard InChI is InChI=1S/C16H26.C13H10.H4Si/c1-2-3-4-5-6-7-8-10-13-16-14-11-9-12-15-16;1-3-7-12-10(5-1)9-11-6-2-4-8-13(11)12;/h9,11-12,14-15H,2-8,10,13H2,1H3;1-8H,9H2;1H4. The quantitative estimate of drug-likeness (QED) is 0.200. The number of benzene rings is 3. The van der Waals surface area contributed by atoms with E-state index in [-0.39, 0.29) is 11.0 Å². The Kier molecular flexibility index (Phi) is 11.3. The highest BCUT2D eigenvalue weighted by molar-refractivity contribution is 5.76. The normalized spacial score (nSPS) is 11.0. The number of fused-ring (bicyclic) bond motifs is 3. The number of rotatable bonds is 9. The summed E-state index contributed by atoms with van der Waals surface area (Å²) < 4.78 is 0. The Morgan fingerprint density at radius 1 is 0.533 bits per heavy atom. The van der Waals surface area contributed by atoms with Crippen LogP contribution in [-0.4, -0.2) is 11.0 Å². The lowest BCUT2D eigenvalue weighted by atomic mass is 10.0. The van der Waals surface area contributed by atoms with Crippen molar-refractivity contribution in [1.29, 1.82) is 0 Å². The van der Waals surface area contributed by atoms with Crippen LogP contribution in [-0.2, 0) is 12.8 Å². The van der Waals surface area contributed by atoms with Crippen molar-refractivity contribution in [2.45, 2.75) is 71.1 Å². The van der Waals surface area contributed by atoms with Gasteiger partial charge in [0.1, 0.15) is 0 Å². The first-order valence-electron chi connectivity index (χ1n) is 11.6. The second kappa shape index (κ2) is 14.0. The fraction of sp³-hybridized carbons (Fsp3) is 0.379. The lowest BCUT2D eigenvalue weighted by Gasteiger charge is -2.02. The van der Waals surface area contributed by atoms with Gasteiger partial charge in [-0.3, -0.25) is 0 Å². The fourth-order valence-electron chi connectivity index (χ4n) is 4.19. The van der Waals surface area contributed by atoms with Crippen LogP contribution in [0.5, 0.6) is 0 Å². The molecule has 0 saturated heterocycles. The second-order valence-corrected chi connectivity index (χ2v) is 8.20. The summed E-state index contributed by atoms with van der Waals surface area (Å²) in [4.78, 5) is 0. The summed E-state index contributed by atoms with van der Waals surface area (Å²) in [6.45, 7) is 2.28. The molecule has 1 heteroatoms. The molecule has 0 aromatic heterocycles. The summed E-state index contributed by atoms with van der Waals surface area (Å²) in [5, 5.41) is 0. The first kappa shape index (κ1) is 24.1. The number of aryl methyl sites for hydroxylation is 1. The van der Waals surface area contributed by atoms with Gasteiger partial charge in [-0.15, -0.1) is 0 Å². The maximum atomic E-state index is 2.28. The first-order valence-corrected chi connectivity index (χ1v) is 11.6. The minimum Gasteiger partial charge on any atom is -0.0654 e. The molecule has 0 atom stereocenters. The van der Waals surface area contributed by atoms with E-state index in [9.17, 15) is 0 Å². The van der Waals surface area contributed by atoms with Crippen molar-refractivity contribution in [1.82, 2.24) is 0 Å². The van der Waals surface area contributed by atoms with Crippen LogP contribution in [0.25, 0.3) is 11.1 Å². The van der Waals surface area contributed by atoms with E-state index >= 15 is 0 Å². The highest BCUT2D eigenvalue weighted by Crippen LogP contribution is 2.35. The van der Waals surface area contributed by atoms with Crippen molar-refractivity contribution in [2.75, 3.05) is 0 Å². The molecule has 0 amide bonds. The zero-order chi connectivity index (χ0) is 20.2. The molecule has 0 radical (unpaired) electrons. The molecule has 0 heterocycles. The van der Waals surface area contributed by atoms with Gasteiger partial charge in [-0.1, -0.05) is 131 Å².